The van der Waals surface area contributed by atoms with Gasteiger partial charge in [-0.1, -0.05) is 0 Å². The number of methoxy groups -OCH3 is 1. The van der Waals surface area contributed by atoms with Crippen molar-refractivity contribution in [1.82, 2.24) is 18.7 Å². The zero-order valence-electron chi connectivity index (χ0n) is 15.2. The molecule has 8 nitrogen and oxygen atoms in total. The van der Waals surface area contributed by atoms with Gasteiger partial charge in [0.05, 0.1) is 13.2 Å². The first-order valence-corrected chi connectivity index (χ1v) is 8.75. The third-order valence-electron chi connectivity index (χ3n) is 4.87. The van der Waals surface area contributed by atoms with Crippen LogP contribution in [0.5, 0.6) is 0 Å². The molecule has 0 atom stereocenters. The Labute approximate surface area is 154 Å². The molecule has 0 unspecified atom stereocenters. The van der Waals surface area contributed by atoms with Crippen LogP contribution < -0.4 is 16.1 Å². The Hall–Kier alpha value is -2.94. The molecule has 0 bridgehead atoms. The average Bonchev–Trinajstić information content (AvgIpc) is 3.07. The number of aryl methyl sites for hydroxylation is 2. The summed E-state index contributed by atoms with van der Waals surface area (Å²) >= 11 is 0. The van der Waals surface area contributed by atoms with Gasteiger partial charge in [0.25, 0.3) is 5.56 Å². The molecule has 1 aliphatic rings. The predicted molar refractivity (Wildman–Crippen MR) is 99.1 cm³/mol. The van der Waals surface area contributed by atoms with E-state index in [-0.39, 0.29) is 24.5 Å². The SMILES string of the molecule is COCCn1c(=O)c2c(nc3n2CCCN3c2ccc(F)cc2)n(C)c1=O. The van der Waals surface area contributed by atoms with E-state index in [0.29, 0.717) is 30.2 Å². The second kappa shape index (κ2) is 6.66. The number of aromatic nitrogens is 4. The number of hydrogen-bond acceptors (Lipinski definition) is 5. The van der Waals surface area contributed by atoms with Crippen LogP contribution >= 0.6 is 0 Å². The minimum atomic E-state index is -0.423. The molecule has 9 heteroatoms. The lowest BCUT2D eigenvalue weighted by molar-refractivity contribution is 0.184. The van der Waals surface area contributed by atoms with Gasteiger partial charge in [-0.2, -0.15) is 4.98 Å². The van der Waals surface area contributed by atoms with E-state index in [9.17, 15) is 14.0 Å². The van der Waals surface area contributed by atoms with Gasteiger partial charge in [-0.15, -0.1) is 0 Å². The Morgan fingerprint density at radius 1 is 1.19 bits per heavy atom. The van der Waals surface area contributed by atoms with Crippen LogP contribution in [-0.2, 0) is 24.9 Å². The normalized spacial score (nSPS) is 14.0. The van der Waals surface area contributed by atoms with Gasteiger partial charge in [0.2, 0.25) is 5.95 Å². The number of nitrogens with zero attached hydrogens (tertiary/aromatic N) is 5. The molecule has 0 radical (unpaired) electrons. The fourth-order valence-corrected chi connectivity index (χ4v) is 3.51. The molecule has 0 aliphatic carbocycles. The van der Waals surface area contributed by atoms with Crippen LogP contribution in [0.15, 0.2) is 33.9 Å². The lowest BCUT2D eigenvalue weighted by Gasteiger charge is -2.29. The van der Waals surface area contributed by atoms with Crippen molar-refractivity contribution in [3.63, 3.8) is 0 Å². The van der Waals surface area contributed by atoms with E-state index in [1.54, 1.807) is 19.2 Å². The number of rotatable bonds is 4. The second-order valence-corrected chi connectivity index (χ2v) is 6.51. The van der Waals surface area contributed by atoms with Gasteiger partial charge in [-0.3, -0.25) is 13.9 Å². The molecule has 1 aromatic carbocycles. The number of benzene rings is 1. The first-order valence-electron chi connectivity index (χ1n) is 8.75. The van der Waals surface area contributed by atoms with E-state index in [1.165, 1.54) is 28.4 Å². The minimum absolute atomic E-state index is 0.181. The highest BCUT2D eigenvalue weighted by atomic mass is 19.1. The Kier molecular flexibility index (Phi) is 4.31. The van der Waals surface area contributed by atoms with E-state index in [1.807, 2.05) is 9.47 Å². The van der Waals surface area contributed by atoms with Crippen molar-refractivity contribution >= 4 is 22.8 Å². The van der Waals surface area contributed by atoms with Crippen LogP contribution in [0.1, 0.15) is 6.42 Å². The van der Waals surface area contributed by atoms with E-state index >= 15 is 0 Å². The summed E-state index contributed by atoms with van der Waals surface area (Å²) in [6.45, 7) is 1.77. The van der Waals surface area contributed by atoms with Crippen LogP contribution in [0.25, 0.3) is 11.2 Å². The monoisotopic (exact) mass is 373 g/mol. The predicted octanol–water partition coefficient (Wildman–Crippen LogP) is 1.22. The molecule has 27 heavy (non-hydrogen) atoms. The zero-order chi connectivity index (χ0) is 19.1. The molecule has 3 aromatic rings. The smallest absolute Gasteiger partial charge is 0.332 e. The molecule has 0 saturated heterocycles. The molecule has 142 valence electrons. The summed E-state index contributed by atoms with van der Waals surface area (Å²) < 4.78 is 22.7. The molecule has 0 saturated carbocycles. The standard InChI is InChI=1S/C18H20FN5O3/c1-21-15-14(16(25)24(18(21)26)10-11-27-2)23-9-3-8-22(17(23)20-15)13-6-4-12(19)5-7-13/h4-7H,3,8-11H2,1-2H3. The van der Waals surface area contributed by atoms with Crippen molar-refractivity contribution in [1.29, 1.82) is 0 Å². The van der Waals surface area contributed by atoms with Crippen molar-refractivity contribution in [3.05, 3.63) is 50.9 Å². The molecule has 0 N–H and O–H groups in total. The third-order valence-corrected chi connectivity index (χ3v) is 4.87. The summed E-state index contributed by atoms with van der Waals surface area (Å²) in [5.74, 6) is 0.270. The Bertz CT molecular complexity index is 1110. The van der Waals surface area contributed by atoms with E-state index in [2.05, 4.69) is 4.98 Å². The molecule has 2 aromatic heterocycles. The summed E-state index contributed by atoms with van der Waals surface area (Å²) in [7, 11) is 3.13. The van der Waals surface area contributed by atoms with Gasteiger partial charge in [0, 0.05) is 32.9 Å². The maximum Gasteiger partial charge on any atom is 0.332 e. The fourth-order valence-electron chi connectivity index (χ4n) is 3.51. The summed E-state index contributed by atoms with van der Waals surface area (Å²) in [5.41, 5.74) is 0.744. The molecule has 0 amide bonds. The highest BCUT2D eigenvalue weighted by molar-refractivity contribution is 5.77. The number of halogens is 1. The Morgan fingerprint density at radius 2 is 1.93 bits per heavy atom. The fraction of sp³-hybridized carbons (Fsp3) is 0.389. The van der Waals surface area contributed by atoms with Crippen LogP contribution in [0, 0.1) is 5.82 Å². The van der Waals surface area contributed by atoms with Gasteiger partial charge >= 0.3 is 5.69 Å². The van der Waals surface area contributed by atoms with E-state index in [4.69, 9.17) is 4.74 Å². The van der Waals surface area contributed by atoms with E-state index < -0.39 is 5.69 Å². The van der Waals surface area contributed by atoms with Crippen LogP contribution in [0.3, 0.4) is 0 Å². The zero-order valence-corrected chi connectivity index (χ0v) is 15.2. The van der Waals surface area contributed by atoms with Gasteiger partial charge in [0.1, 0.15) is 5.82 Å². The number of fused-ring (bicyclic) bond motifs is 3. The highest BCUT2D eigenvalue weighted by Gasteiger charge is 2.26. The van der Waals surface area contributed by atoms with Gasteiger partial charge in [-0.05, 0) is 30.7 Å². The highest BCUT2D eigenvalue weighted by Crippen LogP contribution is 2.30. The van der Waals surface area contributed by atoms with Crippen LogP contribution in [0.2, 0.25) is 0 Å². The maximum absolute atomic E-state index is 13.3. The molecule has 0 fully saturated rings. The van der Waals surface area contributed by atoms with E-state index in [0.717, 1.165) is 12.1 Å². The van der Waals surface area contributed by atoms with Crippen molar-refractivity contribution in [2.24, 2.45) is 7.05 Å². The molecule has 0 spiro atoms. The number of anilines is 2. The minimum Gasteiger partial charge on any atom is -0.383 e. The number of ether oxygens (including phenoxy) is 1. The van der Waals surface area contributed by atoms with Crippen molar-refractivity contribution in [2.45, 2.75) is 19.5 Å². The largest absolute Gasteiger partial charge is 0.383 e. The van der Waals surface area contributed by atoms with Crippen molar-refractivity contribution in [2.75, 3.05) is 25.2 Å². The van der Waals surface area contributed by atoms with Gasteiger partial charge in [-0.25, -0.2) is 9.18 Å². The Balaban J connectivity index is 1.94. The third kappa shape index (κ3) is 2.74. The first-order chi connectivity index (χ1) is 13.0. The molecule has 3 heterocycles. The summed E-state index contributed by atoms with van der Waals surface area (Å²) in [4.78, 5) is 32.1. The van der Waals surface area contributed by atoms with Gasteiger partial charge in [0.15, 0.2) is 11.2 Å². The summed E-state index contributed by atoms with van der Waals surface area (Å²) in [6, 6.07) is 6.15. The summed E-state index contributed by atoms with van der Waals surface area (Å²) in [5, 5.41) is 0. The quantitative estimate of drug-likeness (QED) is 0.688. The van der Waals surface area contributed by atoms with Crippen molar-refractivity contribution in [3.8, 4) is 0 Å². The van der Waals surface area contributed by atoms with Crippen molar-refractivity contribution < 1.29 is 9.13 Å². The molecular weight excluding hydrogens is 353 g/mol. The van der Waals surface area contributed by atoms with Crippen LogP contribution in [0.4, 0.5) is 16.0 Å². The number of hydrogen-bond donors (Lipinski definition) is 0. The summed E-state index contributed by atoms with van der Waals surface area (Å²) in [6.07, 6.45) is 0.802. The second-order valence-electron chi connectivity index (χ2n) is 6.51. The molecular formula is C18H20FN5O3. The molecule has 1 aliphatic heterocycles. The Morgan fingerprint density at radius 3 is 2.63 bits per heavy atom. The molecule has 4 rings (SSSR count). The lowest BCUT2D eigenvalue weighted by atomic mass is 10.2. The topological polar surface area (TPSA) is 74.3 Å². The first kappa shape index (κ1) is 17.5. The maximum atomic E-state index is 13.3. The lowest BCUT2D eigenvalue weighted by Crippen LogP contribution is -2.40. The van der Waals surface area contributed by atoms with Gasteiger partial charge < -0.3 is 14.2 Å². The number of imidazole rings is 1. The van der Waals surface area contributed by atoms with Crippen LogP contribution in [-0.4, -0.2) is 38.9 Å². The average molecular weight is 373 g/mol.